The lowest BCUT2D eigenvalue weighted by Crippen LogP contribution is -2.50. The second-order valence-electron chi connectivity index (χ2n) is 6.84. The first-order chi connectivity index (χ1) is 13.1. The number of hydrogen-bond donors (Lipinski definition) is 0. The molecule has 1 unspecified atom stereocenters. The molecule has 2 saturated heterocycles. The second-order valence-corrected chi connectivity index (χ2v) is 6.84. The lowest BCUT2D eigenvalue weighted by atomic mass is 10.0. The van der Waals surface area contributed by atoms with Crippen molar-refractivity contribution in [2.75, 3.05) is 40.5 Å². The van der Waals surface area contributed by atoms with Crippen molar-refractivity contribution in [2.24, 2.45) is 5.16 Å². The highest BCUT2D eigenvalue weighted by Crippen LogP contribution is 2.33. The summed E-state index contributed by atoms with van der Waals surface area (Å²) in [5, 5.41) is 4.13. The maximum absolute atomic E-state index is 12.8. The summed E-state index contributed by atoms with van der Waals surface area (Å²) in [6, 6.07) is 5.54. The van der Waals surface area contributed by atoms with Gasteiger partial charge in [-0.25, -0.2) is 0 Å². The fourth-order valence-corrected chi connectivity index (χ4v) is 3.75. The van der Waals surface area contributed by atoms with Gasteiger partial charge in [-0.3, -0.25) is 4.79 Å². The van der Waals surface area contributed by atoms with Gasteiger partial charge in [0.05, 0.1) is 33.1 Å². The topological polar surface area (TPSA) is 78.8 Å². The van der Waals surface area contributed by atoms with Crippen molar-refractivity contribution in [3.63, 3.8) is 0 Å². The van der Waals surface area contributed by atoms with Crippen molar-refractivity contribution in [1.82, 2.24) is 4.90 Å². The summed E-state index contributed by atoms with van der Waals surface area (Å²) in [6.45, 7) is 2.46. The number of nitrogens with zero attached hydrogens (tertiary/aromatic N) is 2. The van der Waals surface area contributed by atoms with E-state index in [1.165, 1.54) is 0 Å². The van der Waals surface area contributed by atoms with Gasteiger partial charge in [-0.15, -0.1) is 0 Å². The zero-order valence-electron chi connectivity index (χ0n) is 15.6. The predicted octanol–water partition coefficient (Wildman–Crippen LogP) is 1.56. The molecule has 8 heteroatoms. The summed E-state index contributed by atoms with van der Waals surface area (Å²) in [4.78, 5) is 20.1. The molecule has 0 aliphatic carbocycles. The first kappa shape index (κ1) is 18.1. The summed E-state index contributed by atoms with van der Waals surface area (Å²) >= 11 is 0. The van der Waals surface area contributed by atoms with Crippen LogP contribution in [-0.4, -0.2) is 68.9 Å². The molecule has 4 rings (SSSR count). The predicted molar refractivity (Wildman–Crippen MR) is 96.0 cm³/mol. The number of oxime groups is 1. The van der Waals surface area contributed by atoms with Crippen molar-refractivity contribution >= 4 is 11.6 Å². The molecule has 0 radical (unpaired) electrons. The number of hydrogen-bond acceptors (Lipinski definition) is 7. The van der Waals surface area contributed by atoms with Crippen LogP contribution in [0.2, 0.25) is 0 Å². The largest absolute Gasteiger partial charge is 0.493 e. The van der Waals surface area contributed by atoms with Crippen molar-refractivity contribution < 1.29 is 28.6 Å². The lowest BCUT2D eigenvalue weighted by molar-refractivity contribution is -0.189. The van der Waals surface area contributed by atoms with Crippen molar-refractivity contribution in [2.45, 2.75) is 31.2 Å². The Morgan fingerprint density at radius 1 is 1.15 bits per heavy atom. The van der Waals surface area contributed by atoms with Crippen LogP contribution in [0.1, 0.15) is 24.8 Å². The van der Waals surface area contributed by atoms with Gasteiger partial charge in [0.2, 0.25) is 6.10 Å². The molecule has 2 fully saturated rings. The first-order valence-corrected chi connectivity index (χ1v) is 9.16. The molecule has 0 N–H and O–H groups in total. The summed E-state index contributed by atoms with van der Waals surface area (Å²) in [5.74, 6) is 0.730. The van der Waals surface area contributed by atoms with Crippen LogP contribution in [0.4, 0.5) is 0 Å². The number of methoxy groups -OCH3 is 2. The number of ether oxygens (including phenoxy) is 4. The van der Waals surface area contributed by atoms with Crippen LogP contribution >= 0.6 is 0 Å². The number of benzene rings is 1. The van der Waals surface area contributed by atoms with Gasteiger partial charge in [0.15, 0.2) is 17.3 Å². The average molecular weight is 376 g/mol. The van der Waals surface area contributed by atoms with Gasteiger partial charge in [-0.1, -0.05) is 5.16 Å². The van der Waals surface area contributed by atoms with Crippen LogP contribution in [-0.2, 0) is 19.1 Å². The Bertz CT molecular complexity index is 734. The number of carbonyl (C=O) groups excluding carboxylic acids is 1. The second kappa shape index (κ2) is 7.36. The van der Waals surface area contributed by atoms with Gasteiger partial charge in [-0.2, -0.15) is 0 Å². The van der Waals surface area contributed by atoms with Gasteiger partial charge < -0.3 is 28.7 Å². The van der Waals surface area contributed by atoms with E-state index >= 15 is 0 Å². The SMILES string of the molecule is COc1ccc(C2=NOC(C(=O)N3CCC4(CC3)OCCO4)C2)cc1OC. The van der Waals surface area contributed by atoms with Gasteiger partial charge >= 0.3 is 0 Å². The molecular formula is C19H24N2O6. The molecule has 1 amide bonds. The molecule has 3 aliphatic rings. The van der Waals surface area contributed by atoms with Crippen LogP contribution in [0.5, 0.6) is 11.5 Å². The maximum atomic E-state index is 12.8. The molecule has 146 valence electrons. The number of rotatable bonds is 4. The first-order valence-electron chi connectivity index (χ1n) is 9.16. The Hall–Kier alpha value is -2.32. The Balaban J connectivity index is 1.37. The molecule has 0 saturated carbocycles. The minimum atomic E-state index is -0.590. The highest BCUT2D eigenvalue weighted by molar-refractivity contribution is 6.04. The molecule has 1 atom stereocenters. The molecule has 1 aromatic carbocycles. The van der Waals surface area contributed by atoms with Gasteiger partial charge in [0.25, 0.3) is 5.91 Å². The Labute approximate surface area is 157 Å². The minimum absolute atomic E-state index is 0.0397. The van der Waals surface area contributed by atoms with E-state index < -0.39 is 11.9 Å². The van der Waals surface area contributed by atoms with E-state index in [-0.39, 0.29) is 5.91 Å². The van der Waals surface area contributed by atoms with Crippen LogP contribution in [0.25, 0.3) is 0 Å². The monoisotopic (exact) mass is 376 g/mol. The molecule has 3 aliphatic heterocycles. The fraction of sp³-hybridized carbons (Fsp3) is 0.579. The third-order valence-corrected chi connectivity index (χ3v) is 5.31. The molecule has 1 aromatic rings. The van der Waals surface area contributed by atoms with E-state index in [2.05, 4.69) is 5.16 Å². The molecule has 27 heavy (non-hydrogen) atoms. The van der Waals surface area contributed by atoms with Gasteiger partial charge in [0, 0.05) is 37.9 Å². The van der Waals surface area contributed by atoms with Crippen LogP contribution in [0.15, 0.2) is 23.4 Å². The molecular weight excluding hydrogens is 352 g/mol. The summed E-state index contributed by atoms with van der Waals surface area (Å²) in [7, 11) is 3.18. The third kappa shape index (κ3) is 3.46. The summed E-state index contributed by atoms with van der Waals surface area (Å²) < 4.78 is 22.0. The molecule has 8 nitrogen and oxygen atoms in total. The van der Waals surface area contributed by atoms with E-state index in [1.807, 2.05) is 23.1 Å². The van der Waals surface area contributed by atoms with E-state index in [1.54, 1.807) is 14.2 Å². The van der Waals surface area contributed by atoms with E-state index in [0.29, 0.717) is 57.1 Å². The van der Waals surface area contributed by atoms with Crippen LogP contribution < -0.4 is 9.47 Å². The van der Waals surface area contributed by atoms with Crippen molar-refractivity contribution in [3.05, 3.63) is 23.8 Å². The number of likely N-dealkylation sites (tertiary alicyclic amines) is 1. The highest BCUT2D eigenvalue weighted by atomic mass is 16.7. The Morgan fingerprint density at radius 3 is 2.52 bits per heavy atom. The zero-order valence-corrected chi connectivity index (χ0v) is 15.6. The quantitative estimate of drug-likeness (QED) is 0.794. The van der Waals surface area contributed by atoms with E-state index in [9.17, 15) is 4.79 Å². The van der Waals surface area contributed by atoms with Gasteiger partial charge in [-0.05, 0) is 18.2 Å². The maximum Gasteiger partial charge on any atom is 0.266 e. The Morgan fingerprint density at radius 2 is 1.85 bits per heavy atom. The standard InChI is InChI=1S/C19H24N2O6/c1-23-15-4-3-13(11-16(15)24-2)14-12-17(27-20-14)18(22)21-7-5-19(6-8-21)25-9-10-26-19/h3-4,11,17H,5-10,12H2,1-2H3. The van der Waals surface area contributed by atoms with Gasteiger partial charge in [0.1, 0.15) is 0 Å². The molecule has 0 bridgehead atoms. The van der Waals surface area contributed by atoms with Crippen LogP contribution in [0.3, 0.4) is 0 Å². The van der Waals surface area contributed by atoms with Crippen molar-refractivity contribution in [3.8, 4) is 11.5 Å². The average Bonchev–Trinajstić information content (AvgIpc) is 3.38. The summed E-state index contributed by atoms with van der Waals surface area (Å²) in [5.41, 5.74) is 1.58. The molecule has 1 spiro atoms. The summed E-state index contributed by atoms with van der Waals surface area (Å²) in [6.07, 6.45) is 1.22. The number of piperidine rings is 1. The fourth-order valence-electron chi connectivity index (χ4n) is 3.75. The highest BCUT2D eigenvalue weighted by Gasteiger charge is 2.42. The molecule has 3 heterocycles. The van der Waals surface area contributed by atoms with Crippen molar-refractivity contribution in [1.29, 1.82) is 0 Å². The normalized spacial score (nSPS) is 23.9. The van der Waals surface area contributed by atoms with E-state index in [4.69, 9.17) is 23.8 Å². The number of amides is 1. The lowest BCUT2D eigenvalue weighted by Gasteiger charge is -2.38. The molecule has 0 aromatic heterocycles. The van der Waals surface area contributed by atoms with Crippen LogP contribution in [0, 0.1) is 0 Å². The third-order valence-electron chi connectivity index (χ3n) is 5.31. The number of carbonyl (C=O) groups is 1. The Kier molecular flexibility index (Phi) is 4.92. The zero-order chi connectivity index (χ0) is 18.9. The smallest absolute Gasteiger partial charge is 0.266 e. The minimum Gasteiger partial charge on any atom is -0.493 e. The van der Waals surface area contributed by atoms with E-state index in [0.717, 1.165) is 11.3 Å².